The van der Waals surface area contributed by atoms with Crippen LogP contribution in [0, 0.1) is 0 Å². The number of nitrogens with one attached hydrogen (secondary N) is 1. The topological polar surface area (TPSA) is 79.3 Å². The van der Waals surface area contributed by atoms with Crippen molar-refractivity contribution in [2.24, 2.45) is 0 Å². The number of carbonyl (C=O) groups is 2. The standard InChI is InChI=1S/C19H16N2O3/c22-18(14-8-10-20-11-9-14)21-17(19(23)24)12-15-6-3-5-13-4-1-2-7-16(13)15/h1-11,17H,12H2,(H,21,22)(H,23,24)/t17-/m0/s1. The second kappa shape index (κ2) is 6.91. The Kier molecular flexibility index (Phi) is 4.52. The third-order valence-electron chi connectivity index (χ3n) is 3.85. The fourth-order valence-corrected chi connectivity index (χ4v) is 2.64. The molecular formula is C19H16N2O3. The molecule has 24 heavy (non-hydrogen) atoms. The number of benzene rings is 2. The Morgan fingerprint density at radius 2 is 1.71 bits per heavy atom. The molecule has 3 aromatic rings. The Bertz CT molecular complexity index is 873. The summed E-state index contributed by atoms with van der Waals surface area (Å²) in [7, 11) is 0. The lowest BCUT2D eigenvalue weighted by molar-refractivity contribution is -0.139. The first-order valence-corrected chi connectivity index (χ1v) is 7.55. The number of nitrogens with zero attached hydrogens (tertiary/aromatic N) is 1. The molecule has 1 aromatic heterocycles. The van der Waals surface area contributed by atoms with E-state index in [1.165, 1.54) is 12.4 Å². The van der Waals surface area contributed by atoms with E-state index in [9.17, 15) is 14.7 Å². The van der Waals surface area contributed by atoms with Crippen molar-refractivity contribution in [3.8, 4) is 0 Å². The lowest BCUT2D eigenvalue weighted by Gasteiger charge is -2.16. The van der Waals surface area contributed by atoms with E-state index in [1.807, 2.05) is 42.5 Å². The second-order valence-electron chi connectivity index (χ2n) is 5.44. The summed E-state index contributed by atoms with van der Waals surface area (Å²) in [4.78, 5) is 27.6. The van der Waals surface area contributed by atoms with Gasteiger partial charge in [-0.05, 0) is 28.5 Å². The zero-order valence-corrected chi connectivity index (χ0v) is 12.8. The monoisotopic (exact) mass is 320 g/mol. The molecule has 2 N–H and O–H groups in total. The molecule has 0 aliphatic rings. The van der Waals surface area contributed by atoms with Crippen LogP contribution in [0.3, 0.4) is 0 Å². The van der Waals surface area contributed by atoms with Gasteiger partial charge in [-0.1, -0.05) is 42.5 Å². The van der Waals surface area contributed by atoms with Crippen molar-refractivity contribution < 1.29 is 14.7 Å². The molecule has 1 atom stereocenters. The van der Waals surface area contributed by atoms with Crippen molar-refractivity contribution in [2.75, 3.05) is 0 Å². The molecule has 0 saturated heterocycles. The summed E-state index contributed by atoms with van der Waals surface area (Å²) in [5.74, 6) is -1.49. The summed E-state index contributed by atoms with van der Waals surface area (Å²) in [6, 6.07) is 15.6. The summed E-state index contributed by atoms with van der Waals surface area (Å²) in [5, 5.41) is 14.1. The quantitative estimate of drug-likeness (QED) is 0.757. The zero-order chi connectivity index (χ0) is 16.9. The molecule has 0 unspecified atom stereocenters. The number of fused-ring (bicyclic) bond motifs is 1. The summed E-state index contributed by atoms with van der Waals surface area (Å²) >= 11 is 0. The molecule has 1 amide bonds. The highest BCUT2D eigenvalue weighted by molar-refractivity contribution is 5.96. The number of pyridine rings is 1. The lowest BCUT2D eigenvalue weighted by Crippen LogP contribution is -2.42. The van der Waals surface area contributed by atoms with E-state index in [4.69, 9.17) is 0 Å². The van der Waals surface area contributed by atoms with Gasteiger partial charge in [-0.2, -0.15) is 0 Å². The zero-order valence-electron chi connectivity index (χ0n) is 12.8. The van der Waals surface area contributed by atoms with Gasteiger partial charge in [-0.3, -0.25) is 9.78 Å². The summed E-state index contributed by atoms with van der Waals surface area (Å²) < 4.78 is 0. The van der Waals surface area contributed by atoms with Gasteiger partial charge in [-0.15, -0.1) is 0 Å². The van der Waals surface area contributed by atoms with Crippen LogP contribution in [0.4, 0.5) is 0 Å². The first-order valence-electron chi connectivity index (χ1n) is 7.55. The molecule has 0 radical (unpaired) electrons. The van der Waals surface area contributed by atoms with E-state index in [0.29, 0.717) is 5.56 Å². The normalized spacial score (nSPS) is 11.8. The van der Waals surface area contributed by atoms with Gasteiger partial charge in [0.2, 0.25) is 0 Å². The Labute approximate surface area is 139 Å². The Hall–Kier alpha value is -3.21. The molecule has 3 rings (SSSR count). The summed E-state index contributed by atoms with van der Waals surface area (Å²) in [5.41, 5.74) is 1.27. The molecule has 1 heterocycles. The number of aliphatic carboxylic acids is 1. The van der Waals surface area contributed by atoms with Crippen LogP contribution in [0.25, 0.3) is 10.8 Å². The van der Waals surface area contributed by atoms with Crippen LogP contribution in [0.15, 0.2) is 67.0 Å². The average molecular weight is 320 g/mol. The second-order valence-corrected chi connectivity index (χ2v) is 5.44. The fraction of sp³-hybridized carbons (Fsp3) is 0.105. The smallest absolute Gasteiger partial charge is 0.326 e. The molecule has 0 aliphatic carbocycles. The largest absolute Gasteiger partial charge is 0.480 e. The van der Waals surface area contributed by atoms with Crippen LogP contribution in [0.1, 0.15) is 15.9 Å². The number of carboxylic acids is 1. The summed E-state index contributed by atoms with van der Waals surface area (Å²) in [6.45, 7) is 0. The van der Waals surface area contributed by atoms with E-state index >= 15 is 0 Å². The molecule has 0 fully saturated rings. The van der Waals surface area contributed by atoms with Crippen molar-refractivity contribution >= 4 is 22.6 Å². The number of hydrogen-bond donors (Lipinski definition) is 2. The maximum absolute atomic E-state index is 12.2. The summed E-state index contributed by atoms with van der Waals surface area (Å²) in [6.07, 6.45) is 3.21. The van der Waals surface area contributed by atoms with E-state index in [-0.39, 0.29) is 6.42 Å². The minimum Gasteiger partial charge on any atom is -0.480 e. The Balaban J connectivity index is 1.84. The number of hydrogen-bond acceptors (Lipinski definition) is 3. The Morgan fingerprint density at radius 3 is 2.46 bits per heavy atom. The van der Waals surface area contributed by atoms with Crippen LogP contribution < -0.4 is 5.32 Å². The molecule has 0 saturated carbocycles. The Morgan fingerprint density at radius 1 is 1.00 bits per heavy atom. The highest BCUT2D eigenvalue weighted by Gasteiger charge is 2.21. The molecule has 2 aromatic carbocycles. The van der Waals surface area contributed by atoms with Crippen LogP contribution in [-0.2, 0) is 11.2 Å². The van der Waals surface area contributed by atoms with Gasteiger partial charge >= 0.3 is 5.97 Å². The van der Waals surface area contributed by atoms with Crippen LogP contribution >= 0.6 is 0 Å². The molecule has 5 heteroatoms. The van der Waals surface area contributed by atoms with Crippen molar-refractivity contribution in [2.45, 2.75) is 12.5 Å². The van der Waals surface area contributed by atoms with Gasteiger partial charge in [0.15, 0.2) is 0 Å². The van der Waals surface area contributed by atoms with Crippen molar-refractivity contribution in [3.63, 3.8) is 0 Å². The van der Waals surface area contributed by atoms with E-state index in [2.05, 4.69) is 10.3 Å². The van der Waals surface area contributed by atoms with E-state index in [0.717, 1.165) is 16.3 Å². The van der Waals surface area contributed by atoms with E-state index in [1.54, 1.807) is 12.1 Å². The minimum atomic E-state index is -1.06. The molecule has 120 valence electrons. The number of carbonyl (C=O) groups excluding carboxylic acids is 1. The third-order valence-corrected chi connectivity index (χ3v) is 3.85. The van der Waals surface area contributed by atoms with Crippen molar-refractivity contribution in [1.29, 1.82) is 0 Å². The minimum absolute atomic E-state index is 0.216. The number of aromatic nitrogens is 1. The van der Waals surface area contributed by atoms with Gasteiger partial charge in [0.1, 0.15) is 6.04 Å². The van der Waals surface area contributed by atoms with Crippen LogP contribution in [0.2, 0.25) is 0 Å². The van der Waals surface area contributed by atoms with Gasteiger partial charge in [-0.25, -0.2) is 4.79 Å². The third kappa shape index (κ3) is 3.41. The maximum atomic E-state index is 12.2. The first kappa shape index (κ1) is 15.7. The predicted molar refractivity (Wildman–Crippen MR) is 90.8 cm³/mol. The number of carboxylic acid groups (broad SMARTS) is 1. The van der Waals surface area contributed by atoms with E-state index < -0.39 is 17.9 Å². The van der Waals surface area contributed by atoms with Crippen LogP contribution in [-0.4, -0.2) is 28.0 Å². The van der Waals surface area contributed by atoms with Crippen LogP contribution in [0.5, 0.6) is 0 Å². The fourth-order valence-electron chi connectivity index (χ4n) is 2.64. The van der Waals surface area contributed by atoms with Crippen molar-refractivity contribution in [1.82, 2.24) is 10.3 Å². The van der Waals surface area contributed by atoms with Gasteiger partial charge in [0, 0.05) is 24.4 Å². The van der Waals surface area contributed by atoms with Gasteiger partial charge < -0.3 is 10.4 Å². The number of amides is 1. The molecule has 0 spiro atoms. The van der Waals surface area contributed by atoms with Gasteiger partial charge in [0.25, 0.3) is 5.91 Å². The molecule has 0 bridgehead atoms. The maximum Gasteiger partial charge on any atom is 0.326 e. The first-order chi connectivity index (χ1) is 11.6. The highest BCUT2D eigenvalue weighted by atomic mass is 16.4. The van der Waals surface area contributed by atoms with Gasteiger partial charge in [0.05, 0.1) is 0 Å². The lowest BCUT2D eigenvalue weighted by atomic mass is 9.98. The highest BCUT2D eigenvalue weighted by Crippen LogP contribution is 2.20. The molecule has 0 aliphatic heterocycles. The predicted octanol–water partition coefficient (Wildman–Crippen LogP) is 2.66. The van der Waals surface area contributed by atoms with Crippen molar-refractivity contribution in [3.05, 3.63) is 78.1 Å². The molecule has 5 nitrogen and oxygen atoms in total. The average Bonchev–Trinajstić information content (AvgIpc) is 2.62. The SMILES string of the molecule is O=C(N[C@@H](Cc1cccc2ccccc12)C(=O)O)c1ccncc1. The molecular weight excluding hydrogens is 304 g/mol. The number of rotatable bonds is 5.